The molecule has 2 aromatic rings. The molecule has 112 valence electrons. The van der Waals surface area contributed by atoms with Gasteiger partial charge in [0, 0.05) is 0 Å². The predicted octanol–water partition coefficient (Wildman–Crippen LogP) is 4.85. The molecular formula is C19H18FeN2. The number of fused-ring (bicyclic) bond motifs is 11. The van der Waals surface area contributed by atoms with Crippen LogP contribution in [-0.4, -0.2) is 9.55 Å². The van der Waals surface area contributed by atoms with Crippen LogP contribution >= 0.6 is 0 Å². The van der Waals surface area contributed by atoms with E-state index in [2.05, 4.69) is 35.8 Å². The van der Waals surface area contributed by atoms with E-state index in [1.54, 1.807) is 0 Å². The third-order valence-corrected chi connectivity index (χ3v) is 59.0. The van der Waals surface area contributed by atoms with Crippen LogP contribution < -0.4 is 0 Å². The predicted molar refractivity (Wildman–Crippen MR) is 80.8 cm³/mol. The van der Waals surface area contributed by atoms with Gasteiger partial charge in [0.15, 0.2) is 0 Å². The molecule has 11 heterocycles. The number of aryl methyl sites for hydroxylation is 1. The number of nitrogens with zero attached hydrogens (tertiary/aromatic N) is 2. The Labute approximate surface area is 118 Å². The van der Waals surface area contributed by atoms with Crippen molar-refractivity contribution in [1.82, 2.24) is 9.55 Å². The maximum atomic E-state index is 5.11. The zero-order valence-corrected chi connectivity index (χ0v) is 13.6. The van der Waals surface area contributed by atoms with E-state index < -0.39 is 6.51 Å². The Hall–Kier alpha value is -0.791. The van der Waals surface area contributed by atoms with E-state index in [0.717, 1.165) is 10.9 Å². The van der Waals surface area contributed by atoms with Crippen LogP contribution in [0, 0.1) is 0 Å². The number of hydrogen-bond donors (Lipinski definition) is 0. The third-order valence-electron chi connectivity index (χ3n) is 16.9. The normalized spacial score (nSPS) is 95.0. The summed E-state index contributed by atoms with van der Waals surface area (Å²) >= 11 is 0. The molecule has 10 fully saturated rings. The number of benzene rings is 1. The second kappa shape index (κ2) is 0.823. The molecule has 10 aliphatic heterocycles. The first-order chi connectivity index (χ1) is 10.6. The second-order valence-corrected chi connectivity index (χ2v) is 35.9. The van der Waals surface area contributed by atoms with E-state index >= 15 is 0 Å². The average Bonchev–Trinajstić information content (AvgIpc) is 3.46. The van der Waals surface area contributed by atoms with Crippen LogP contribution in [0.25, 0.3) is 11.0 Å². The van der Waals surface area contributed by atoms with Crippen molar-refractivity contribution in [3.8, 4) is 0 Å². The van der Waals surface area contributed by atoms with E-state index in [1.165, 1.54) is 60.2 Å². The summed E-state index contributed by atoms with van der Waals surface area (Å²) < 4.78 is 3.76. The van der Waals surface area contributed by atoms with E-state index in [9.17, 15) is 0 Å². The monoisotopic (exact) mass is 330 g/mol. The summed E-state index contributed by atoms with van der Waals surface area (Å²) in [6.45, 7) is -0.742. The summed E-state index contributed by atoms with van der Waals surface area (Å²) in [6.07, 6.45) is 1.13. The van der Waals surface area contributed by atoms with Crippen molar-refractivity contribution in [2.24, 2.45) is 0 Å². The molecule has 1 spiro atoms. The first kappa shape index (κ1) is 8.35. The van der Waals surface area contributed by atoms with Crippen molar-refractivity contribution in [2.45, 2.75) is 61.1 Å². The zero-order chi connectivity index (χ0) is 13.6. The molecule has 4 unspecified atom stereocenters. The van der Waals surface area contributed by atoms with Crippen molar-refractivity contribution < 1.29 is 6.51 Å². The third kappa shape index (κ3) is 0.108. The Morgan fingerprint density at radius 3 is 2.14 bits per heavy atom. The van der Waals surface area contributed by atoms with Gasteiger partial charge in [0.05, 0.1) is 0 Å². The Kier molecular flexibility index (Phi) is 0.312. The van der Waals surface area contributed by atoms with Crippen LogP contribution in [0.2, 0.25) is 43.3 Å². The Balaban J connectivity index is 1.45. The van der Waals surface area contributed by atoms with Crippen LogP contribution in [0.1, 0.15) is 12.7 Å². The van der Waals surface area contributed by atoms with Crippen LogP contribution in [0.4, 0.5) is 0 Å². The van der Waals surface area contributed by atoms with Crippen molar-refractivity contribution in [1.29, 1.82) is 0 Å². The molecule has 0 N–H and O–H groups in total. The van der Waals surface area contributed by atoms with Gasteiger partial charge in [-0.1, -0.05) is 0 Å². The molecule has 1 aromatic heterocycles. The topological polar surface area (TPSA) is 17.8 Å². The fraction of sp³-hybridized carbons (Fsp3) is 0.632. The second-order valence-electron chi connectivity index (χ2n) is 12.3. The molecule has 10 saturated heterocycles. The Morgan fingerprint density at radius 1 is 1.00 bits per heavy atom. The maximum absolute atomic E-state index is 5.11. The Morgan fingerprint density at radius 2 is 1.64 bits per heavy atom. The van der Waals surface area contributed by atoms with E-state index in [1.807, 2.05) is 0 Å². The summed E-state index contributed by atoms with van der Waals surface area (Å²) in [5.41, 5.74) is 2.81. The molecule has 3 heteroatoms. The SMILES string of the molecule is CCc1nc2ccccc2n1[C]12[CH]3[CH]4[CH]5[CH]1[Fe]45321678[CH]2[CH]1[CH]6[CH]7[CH]28. The number of para-hydroxylation sites is 2. The fourth-order valence-corrected chi connectivity index (χ4v) is 91.9. The standard InChI is InChI=1S/C14H13N2.C5H5.Fe/c1-2-14-15-12-9-5-6-10-13(12)16(14)11-7-3-4-8-11;1-2-4-5-3-1;/h3-10H,2H2,1H3;1-5H;. The van der Waals surface area contributed by atoms with E-state index in [4.69, 9.17) is 4.98 Å². The van der Waals surface area contributed by atoms with Gasteiger partial charge in [0.2, 0.25) is 0 Å². The average molecular weight is 330 g/mol. The van der Waals surface area contributed by atoms with Crippen molar-refractivity contribution in [2.75, 3.05) is 0 Å². The summed E-state index contributed by atoms with van der Waals surface area (Å²) in [6, 6.07) is 9.09. The first-order valence-corrected chi connectivity index (χ1v) is 15.6. The minimum atomic E-state index is -3.08. The number of hydrogen-bond acceptors (Lipinski definition) is 1. The van der Waals surface area contributed by atoms with E-state index in [0.29, 0.717) is 0 Å². The van der Waals surface area contributed by atoms with Gasteiger partial charge in [0.25, 0.3) is 0 Å². The minimum absolute atomic E-state index is 0.792. The molecule has 0 radical (unpaired) electrons. The molecule has 12 rings (SSSR count). The van der Waals surface area contributed by atoms with Gasteiger partial charge in [-0.05, 0) is 0 Å². The van der Waals surface area contributed by atoms with Gasteiger partial charge in [-0.3, -0.25) is 0 Å². The van der Waals surface area contributed by atoms with Crippen LogP contribution in [0.3, 0.4) is 0 Å². The number of imidazole rings is 1. The van der Waals surface area contributed by atoms with Crippen molar-refractivity contribution >= 4 is 11.0 Å². The summed E-state index contributed by atoms with van der Waals surface area (Å²) in [7, 11) is 0. The summed E-state index contributed by atoms with van der Waals surface area (Å²) in [5.74, 6) is 1.45. The molecule has 0 saturated carbocycles. The molecule has 2 nitrogen and oxygen atoms in total. The molecule has 10 aliphatic rings. The Bertz CT molecular complexity index is 1370. The molecule has 0 bridgehead atoms. The zero-order valence-electron chi connectivity index (χ0n) is 12.5. The molecular weight excluding hydrogens is 312 g/mol. The quantitative estimate of drug-likeness (QED) is 0.720. The first-order valence-electron chi connectivity index (χ1n) is 9.26. The van der Waals surface area contributed by atoms with Crippen molar-refractivity contribution in [3.05, 3.63) is 30.1 Å². The van der Waals surface area contributed by atoms with Crippen LogP contribution in [0.5, 0.6) is 0 Å². The van der Waals surface area contributed by atoms with Gasteiger partial charge in [0.1, 0.15) is 0 Å². The van der Waals surface area contributed by atoms with Gasteiger partial charge in [-0.2, -0.15) is 0 Å². The van der Waals surface area contributed by atoms with Gasteiger partial charge >= 0.3 is 118 Å². The van der Waals surface area contributed by atoms with Crippen molar-refractivity contribution in [3.63, 3.8) is 0 Å². The molecule has 22 heavy (non-hydrogen) atoms. The van der Waals surface area contributed by atoms with Crippen LogP contribution in [-0.2, 0) is 17.4 Å². The summed E-state index contributed by atoms with van der Waals surface area (Å²) in [5, 5.41) is 0. The molecule has 1 aromatic carbocycles. The molecule has 4 atom stereocenters. The summed E-state index contributed by atoms with van der Waals surface area (Å²) in [4.78, 5) is 17.6. The van der Waals surface area contributed by atoms with Crippen LogP contribution in [0.15, 0.2) is 24.3 Å². The van der Waals surface area contributed by atoms with Gasteiger partial charge in [-0.15, -0.1) is 0 Å². The van der Waals surface area contributed by atoms with Gasteiger partial charge in [-0.25, -0.2) is 0 Å². The van der Waals surface area contributed by atoms with E-state index in [-0.39, 0.29) is 0 Å². The molecule has 0 amide bonds. The number of aromatic nitrogens is 2. The van der Waals surface area contributed by atoms with Gasteiger partial charge < -0.3 is 0 Å². The number of rotatable bonds is 2. The molecule has 0 aliphatic carbocycles. The fourth-order valence-electron chi connectivity index (χ4n) is 18.4.